The van der Waals surface area contributed by atoms with Gasteiger partial charge in [-0.1, -0.05) is 11.6 Å². The third-order valence-electron chi connectivity index (χ3n) is 3.96. The van der Waals surface area contributed by atoms with E-state index in [9.17, 15) is 4.79 Å². The molecule has 0 spiro atoms. The highest BCUT2D eigenvalue weighted by Crippen LogP contribution is 2.28. The summed E-state index contributed by atoms with van der Waals surface area (Å²) in [4.78, 5) is 20.1. The fourth-order valence-corrected chi connectivity index (χ4v) is 2.77. The first-order chi connectivity index (χ1) is 12.7. The lowest BCUT2D eigenvalue weighted by atomic mass is 10.1. The fraction of sp³-hybridized carbons (Fsp3) is 0.353. The number of halogens is 1. The van der Waals surface area contributed by atoms with E-state index in [2.05, 4.69) is 26.1 Å². The Hall–Kier alpha value is -2.42. The van der Waals surface area contributed by atoms with Gasteiger partial charge in [-0.15, -0.1) is 0 Å². The SMILES string of the molecule is COc1ccc(OCC2CC(C(=O)NCc3ccncn3)NN2)c(Cl)c1. The van der Waals surface area contributed by atoms with E-state index in [4.69, 9.17) is 21.1 Å². The van der Waals surface area contributed by atoms with Crippen molar-refractivity contribution in [3.05, 3.63) is 47.5 Å². The Morgan fingerprint density at radius 2 is 2.27 bits per heavy atom. The minimum Gasteiger partial charge on any atom is -0.497 e. The van der Waals surface area contributed by atoms with Crippen molar-refractivity contribution in [1.29, 1.82) is 0 Å². The molecule has 1 saturated heterocycles. The number of benzene rings is 1. The molecule has 1 aromatic heterocycles. The molecule has 8 nitrogen and oxygen atoms in total. The number of rotatable bonds is 7. The molecular formula is C17H20ClN5O3. The van der Waals surface area contributed by atoms with E-state index in [1.54, 1.807) is 37.6 Å². The number of methoxy groups -OCH3 is 1. The summed E-state index contributed by atoms with van der Waals surface area (Å²) < 4.78 is 10.8. The highest BCUT2D eigenvalue weighted by Gasteiger charge is 2.29. The van der Waals surface area contributed by atoms with E-state index in [1.165, 1.54) is 6.33 Å². The summed E-state index contributed by atoms with van der Waals surface area (Å²) in [5.74, 6) is 1.15. The second-order valence-electron chi connectivity index (χ2n) is 5.80. The number of nitrogens with zero attached hydrogens (tertiary/aromatic N) is 2. The van der Waals surface area contributed by atoms with Crippen molar-refractivity contribution < 1.29 is 14.3 Å². The van der Waals surface area contributed by atoms with Gasteiger partial charge in [0.2, 0.25) is 5.91 Å². The lowest BCUT2D eigenvalue weighted by molar-refractivity contribution is -0.123. The van der Waals surface area contributed by atoms with Gasteiger partial charge in [0.05, 0.1) is 30.4 Å². The third kappa shape index (κ3) is 4.81. The summed E-state index contributed by atoms with van der Waals surface area (Å²) in [7, 11) is 1.58. The van der Waals surface area contributed by atoms with Crippen molar-refractivity contribution in [2.45, 2.75) is 25.0 Å². The summed E-state index contributed by atoms with van der Waals surface area (Å²) in [5, 5.41) is 3.33. The van der Waals surface area contributed by atoms with Crippen molar-refractivity contribution in [1.82, 2.24) is 26.1 Å². The third-order valence-corrected chi connectivity index (χ3v) is 4.26. The van der Waals surface area contributed by atoms with E-state index >= 15 is 0 Å². The maximum atomic E-state index is 12.2. The van der Waals surface area contributed by atoms with Crippen LogP contribution in [0, 0.1) is 0 Å². The van der Waals surface area contributed by atoms with Crippen LogP contribution in [0.3, 0.4) is 0 Å². The standard InChI is InChI=1S/C17H20ClN5O3/c1-25-13-2-3-16(14(18)7-13)26-9-12-6-15(23-22-12)17(24)20-8-11-4-5-19-10-21-11/h2-5,7,10,12,15,22-23H,6,8-9H2,1H3,(H,20,24). The molecule has 3 N–H and O–H groups in total. The van der Waals surface area contributed by atoms with Crippen LogP contribution in [0.15, 0.2) is 36.8 Å². The van der Waals surface area contributed by atoms with E-state index in [-0.39, 0.29) is 18.0 Å². The molecule has 2 aromatic rings. The Labute approximate surface area is 156 Å². The van der Waals surface area contributed by atoms with Crippen LogP contribution in [0.4, 0.5) is 0 Å². The molecule has 3 rings (SSSR count). The molecule has 2 atom stereocenters. The molecule has 2 heterocycles. The lowest BCUT2D eigenvalue weighted by Crippen LogP contribution is -2.43. The van der Waals surface area contributed by atoms with E-state index in [1.807, 2.05) is 0 Å². The van der Waals surface area contributed by atoms with Gasteiger partial charge >= 0.3 is 0 Å². The lowest BCUT2D eigenvalue weighted by Gasteiger charge is -2.13. The molecule has 1 aromatic carbocycles. The Balaban J connectivity index is 1.44. The van der Waals surface area contributed by atoms with E-state index in [0.29, 0.717) is 36.1 Å². The van der Waals surface area contributed by atoms with Gasteiger partial charge in [0.25, 0.3) is 0 Å². The number of nitrogens with one attached hydrogen (secondary N) is 3. The molecule has 26 heavy (non-hydrogen) atoms. The minimum absolute atomic E-state index is 0.0111. The smallest absolute Gasteiger partial charge is 0.238 e. The van der Waals surface area contributed by atoms with E-state index in [0.717, 1.165) is 5.69 Å². The molecular weight excluding hydrogens is 358 g/mol. The van der Waals surface area contributed by atoms with Crippen LogP contribution >= 0.6 is 11.6 Å². The second kappa shape index (κ2) is 8.79. The van der Waals surface area contributed by atoms with Gasteiger partial charge in [-0.05, 0) is 24.6 Å². The molecule has 138 valence electrons. The molecule has 1 aliphatic rings. The van der Waals surface area contributed by atoms with Crippen LogP contribution in [0.25, 0.3) is 0 Å². The molecule has 9 heteroatoms. The molecule has 1 amide bonds. The maximum Gasteiger partial charge on any atom is 0.238 e. The topological polar surface area (TPSA) is 97.4 Å². The van der Waals surface area contributed by atoms with E-state index < -0.39 is 0 Å². The van der Waals surface area contributed by atoms with Gasteiger partial charge in [0.1, 0.15) is 30.5 Å². The van der Waals surface area contributed by atoms with Crippen molar-refractivity contribution in [2.75, 3.05) is 13.7 Å². The first-order valence-electron chi connectivity index (χ1n) is 8.15. The minimum atomic E-state index is -0.336. The number of carbonyl (C=O) groups is 1. The van der Waals surface area contributed by atoms with Gasteiger partial charge in [-0.2, -0.15) is 0 Å². The number of ether oxygens (including phenoxy) is 2. The zero-order valence-electron chi connectivity index (χ0n) is 14.2. The Bertz CT molecular complexity index is 746. The highest BCUT2D eigenvalue weighted by atomic mass is 35.5. The summed E-state index contributed by atoms with van der Waals surface area (Å²) in [5.41, 5.74) is 6.81. The monoisotopic (exact) mass is 377 g/mol. The fourth-order valence-electron chi connectivity index (χ4n) is 2.54. The summed E-state index contributed by atoms with van der Waals surface area (Å²) in [6.45, 7) is 0.747. The van der Waals surface area contributed by atoms with Gasteiger partial charge < -0.3 is 14.8 Å². The second-order valence-corrected chi connectivity index (χ2v) is 6.21. The molecule has 0 saturated carbocycles. The van der Waals surface area contributed by atoms with Crippen LogP contribution < -0.4 is 25.6 Å². The number of hydrogen-bond donors (Lipinski definition) is 3. The van der Waals surface area contributed by atoms with Crippen LogP contribution in [0.5, 0.6) is 11.5 Å². The Kier molecular flexibility index (Phi) is 6.21. The van der Waals surface area contributed by atoms with Gasteiger partial charge in [0, 0.05) is 12.3 Å². The van der Waals surface area contributed by atoms with Gasteiger partial charge in [-0.3, -0.25) is 10.2 Å². The van der Waals surface area contributed by atoms with Crippen LogP contribution in [0.2, 0.25) is 5.02 Å². The molecule has 1 aliphatic heterocycles. The molecule has 0 radical (unpaired) electrons. The quantitative estimate of drug-likeness (QED) is 0.664. The zero-order chi connectivity index (χ0) is 18.4. The highest BCUT2D eigenvalue weighted by molar-refractivity contribution is 6.32. The van der Waals surface area contributed by atoms with Crippen molar-refractivity contribution in [2.24, 2.45) is 0 Å². The number of amides is 1. The summed E-state index contributed by atoms with van der Waals surface area (Å²) >= 11 is 6.16. The molecule has 1 fully saturated rings. The van der Waals surface area contributed by atoms with Crippen molar-refractivity contribution >= 4 is 17.5 Å². The molecule has 0 bridgehead atoms. The average molecular weight is 378 g/mol. The molecule has 0 aliphatic carbocycles. The normalized spacial score (nSPS) is 19.2. The first-order valence-corrected chi connectivity index (χ1v) is 8.53. The van der Waals surface area contributed by atoms with Gasteiger partial charge in [0.15, 0.2) is 0 Å². The number of hydrazine groups is 1. The van der Waals surface area contributed by atoms with Crippen molar-refractivity contribution in [3.8, 4) is 11.5 Å². The number of aromatic nitrogens is 2. The van der Waals surface area contributed by atoms with Gasteiger partial charge in [-0.25, -0.2) is 15.4 Å². The summed E-state index contributed by atoms with van der Waals surface area (Å²) in [6.07, 6.45) is 3.69. The van der Waals surface area contributed by atoms with Crippen LogP contribution in [-0.4, -0.2) is 41.7 Å². The zero-order valence-corrected chi connectivity index (χ0v) is 15.0. The van der Waals surface area contributed by atoms with Crippen LogP contribution in [-0.2, 0) is 11.3 Å². The Morgan fingerprint density at radius 1 is 1.38 bits per heavy atom. The van der Waals surface area contributed by atoms with Crippen molar-refractivity contribution in [3.63, 3.8) is 0 Å². The predicted octanol–water partition coefficient (Wildman–Crippen LogP) is 1.07. The summed E-state index contributed by atoms with van der Waals surface area (Å²) in [6, 6.07) is 6.65. The number of carbonyl (C=O) groups excluding carboxylic acids is 1. The predicted molar refractivity (Wildman–Crippen MR) is 95.8 cm³/mol. The Morgan fingerprint density at radius 3 is 3.00 bits per heavy atom. The largest absolute Gasteiger partial charge is 0.497 e. The maximum absolute atomic E-state index is 12.2. The molecule has 2 unspecified atom stereocenters. The number of hydrogen-bond acceptors (Lipinski definition) is 7. The first kappa shape index (κ1) is 18.4. The van der Waals surface area contributed by atoms with Crippen LogP contribution in [0.1, 0.15) is 12.1 Å². The average Bonchev–Trinajstić information content (AvgIpc) is 3.15.